The van der Waals surface area contributed by atoms with Gasteiger partial charge in [0, 0.05) is 25.2 Å². The lowest BCUT2D eigenvalue weighted by Gasteiger charge is -2.17. The summed E-state index contributed by atoms with van der Waals surface area (Å²) in [6.45, 7) is 5.09. The lowest BCUT2D eigenvalue weighted by atomic mass is 10.1. The third kappa shape index (κ3) is 4.79. The monoisotopic (exact) mass is 416 g/mol. The van der Waals surface area contributed by atoms with Gasteiger partial charge in [0.1, 0.15) is 5.75 Å². The molecule has 0 saturated carbocycles. The van der Waals surface area contributed by atoms with E-state index in [4.69, 9.17) is 4.74 Å². The second-order valence-electron chi connectivity index (χ2n) is 7.38. The van der Waals surface area contributed by atoms with E-state index in [1.165, 1.54) is 4.31 Å². The maximum atomic E-state index is 12.8. The number of aryl methyl sites for hydroxylation is 2. The minimum Gasteiger partial charge on any atom is -0.496 e. The molecule has 2 aromatic carbocycles. The summed E-state index contributed by atoms with van der Waals surface area (Å²) in [4.78, 5) is 12.7. The topological polar surface area (TPSA) is 75.7 Å². The van der Waals surface area contributed by atoms with Crippen molar-refractivity contribution >= 4 is 21.6 Å². The minimum atomic E-state index is -3.51. The summed E-state index contributed by atoms with van der Waals surface area (Å²) in [6, 6.07) is 10.7. The Hall–Kier alpha value is -2.38. The van der Waals surface area contributed by atoms with Crippen molar-refractivity contribution in [1.82, 2.24) is 4.31 Å². The van der Waals surface area contributed by atoms with E-state index in [2.05, 4.69) is 5.32 Å². The summed E-state index contributed by atoms with van der Waals surface area (Å²) in [5, 5.41) is 2.94. The van der Waals surface area contributed by atoms with E-state index < -0.39 is 10.0 Å². The molecule has 29 heavy (non-hydrogen) atoms. The van der Waals surface area contributed by atoms with Crippen LogP contribution in [0.2, 0.25) is 0 Å². The average molecular weight is 417 g/mol. The minimum absolute atomic E-state index is 0.117. The summed E-state index contributed by atoms with van der Waals surface area (Å²) in [5.74, 6) is 0.471. The van der Waals surface area contributed by atoms with E-state index in [1.54, 1.807) is 25.3 Å². The standard InChI is InChI=1S/C22H28N2O4S/c1-16-7-6-8-20(17(16)2)23-22(25)12-9-18-15-19(10-11-21(18)28-3)29(26,27)24-13-4-5-14-24/h6-8,10-11,15H,4-5,9,12-14H2,1-3H3,(H,23,25). The molecule has 0 atom stereocenters. The highest BCUT2D eigenvalue weighted by atomic mass is 32.2. The number of ether oxygens (including phenoxy) is 1. The van der Waals surface area contributed by atoms with E-state index in [0.29, 0.717) is 30.8 Å². The number of carbonyl (C=O) groups excluding carboxylic acids is 1. The summed E-state index contributed by atoms with van der Waals surface area (Å²) in [6.07, 6.45) is 2.40. The molecule has 0 radical (unpaired) electrons. The van der Waals surface area contributed by atoms with Crippen molar-refractivity contribution < 1.29 is 17.9 Å². The number of benzene rings is 2. The van der Waals surface area contributed by atoms with Crippen molar-refractivity contribution in [2.45, 2.75) is 44.4 Å². The Bertz CT molecular complexity index is 996. The van der Waals surface area contributed by atoms with Gasteiger partial charge in [0.05, 0.1) is 12.0 Å². The van der Waals surface area contributed by atoms with Crippen molar-refractivity contribution in [3.05, 3.63) is 53.1 Å². The Balaban J connectivity index is 1.74. The summed E-state index contributed by atoms with van der Waals surface area (Å²) < 4.78 is 32.6. The van der Waals surface area contributed by atoms with Crippen LogP contribution in [0, 0.1) is 13.8 Å². The molecular weight excluding hydrogens is 388 g/mol. The zero-order chi connectivity index (χ0) is 21.0. The first-order valence-electron chi connectivity index (χ1n) is 9.86. The smallest absolute Gasteiger partial charge is 0.243 e. The quantitative estimate of drug-likeness (QED) is 0.747. The zero-order valence-electron chi connectivity index (χ0n) is 17.2. The number of hydrogen-bond acceptors (Lipinski definition) is 4. The van der Waals surface area contributed by atoms with Crippen LogP contribution in [0.3, 0.4) is 0 Å². The molecule has 0 aliphatic carbocycles. The van der Waals surface area contributed by atoms with Gasteiger partial charge in [-0.3, -0.25) is 4.79 Å². The van der Waals surface area contributed by atoms with Crippen molar-refractivity contribution in [3.8, 4) is 5.75 Å². The second kappa shape index (κ2) is 8.97. The lowest BCUT2D eigenvalue weighted by Crippen LogP contribution is -2.28. The fourth-order valence-electron chi connectivity index (χ4n) is 3.54. The van der Waals surface area contributed by atoms with Crippen molar-refractivity contribution in [2.75, 3.05) is 25.5 Å². The molecule has 6 nitrogen and oxygen atoms in total. The molecule has 0 spiro atoms. The van der Waals surface area contributed by atoms with Crippen LogP contribution < -0.4 is 10.1 Å². The van der Waals surface area contributed by atoms with Crippen LogP contribution in [0.5, 0.6) is 5.75 Å². The van der Waals surface area contributed by atoms with Crippen LogP contribution in [-0.4, -0.2) is 38.8 Å². The van der Waals surface area contributed by atoms with Gasteiger partial charge in [0.15, 0.2) is 0 Å². The maximum absolute atomic E-state index is 12.8. The van der Waals surface area contributed by atoms with Gasteiger partial charge >= 0.3 is 0 Å². The number of nitrogens with zero attached hydrogens (tertiary/aromatic N) is 1. The SMILES string of the molecule is COc1ccc(S(=O)(=O)N2CCCC2)cc1CCC(=O)Nc1cccc(C)c1C. The molecule has 0 aromatic heterocycles. The highest BCUT2D eigenvalue weighted by Gasteiger charge is 2.27. The molecule has 1 heterocycles. The van der Waals surface area contributed by atoms with Crippen LogP contribution in [0.25, 0.3) is 0 Å². The van der Waals surface area contributed by atoms with Crippen molar-refractivity contribution in [1.29, 1.82) is 0 Å². The third-order valence-electron chi connectivity index (χ3n) is 5.45. The number of amides is 1. The fraction of sp³-hybridized carbons (Fsp3) is 0.409. The van der Waals surface area contributed by atoms with Crippen LogP contribution in [0.15, 0.2) is 41.3 Å². The molecule has 1 saturated heterocycles. The first kappa shape index (κ1) is 21.3. The Labute approximate surface area is 172 Å². The normalized spacial score (nSPS) is 14.7. The Kier molecular flexibility index (Phi) is 6.59. The molecule has 3 rings (SSSR count). The number of carbonyl (C=O) groups is 1. The highest BCUT2D eigenvalue weighted by molar-refractivity contribution is 7.89. The predicted molar refractivity (Wildman–Crippen MR) is 114 cm³/mol. The summed E-state index contributed by atoms with van der Waals surface area (Å²) >= 11 is 0. The Morgan fingerprint density at radius 1 is 1.14 bits per heavy atom. The number of rotatable bonds is 7. The Morgan fingerprint density at radius 3 is 2.55 bits per heavy atom. The molecule has 7 heteroatoms. The van der Waals surface area contributed by atoms with Gasteiger partial charge in [-0.2, -0.15) is 4.31 Å². The van der Waals surface area contributed by atoms with Crippen molar-refractivity contribution in [3.63, 3.8) is 0 Å². The fourth-order valence-corrected chi connectivity index (χ4v) is 5.10. The van der Waals surface area contributed by atoms with Gasteiger partial charge in [0.25, 0.3) is 0 Å². The average Bonchev–Trinajstić information content (AvgIpc) is 3.25. The molecular formula is C22H28N2O4S. The third-order valence-corrected chi connectivity index (χ3v) is 7.35. The van der Waals surface area contributed by atoms with Gasteiger partial charge in [-0.1, -0.05) is 12.1 Å². The number of anilines is 1. The molecule has 0 bridgehead atoms. The Morgan fingerprint density at radius 2 is 1.86 bits per heavy atom. The number of methoxy groups -OCH3 is 1. The van der Waals surface area contributed by atoms with Crippen LogP contribution in [0.4, 0.5) is 5.69 Å². The van der Waals surface area contributed by atoms with Gasteiger partial charge in [0.2, 0.25) is 15.9 Å². The van der Waals surface area contributed by atoms with Gasteiger partial charge in [-0.15, -0.1) is 0 Å². The molecule has 0 unspecified atom stereocenters. The van der Waals surface area contributed by atoms with Gasteiger partial charge in [-0.25, -0.2) is 8.42 Å². The van der Waals surface area contributed by atoms with Crippen molar-refractivity contribution in [2.24, 2.45) is 0 Å². The predicted octanol–water partition coefficient (Wildman–Crippen LogP) is 3.67. The zero-order valence-corrected chi connectivity index (χ0v) is 18.0. The van der Waals surface area contributed by atoms with E-state index in [0.717, 1.165) is 29.7 Å². The largest absolute Gasteiger partial charge is 0.496 e. The van der Waals surface area contributed by atoms with Gasteiger partial charge in [-0.05, 0) is 74.1 Å². The maximum Gasteiger partial charge on any atom is 0.243 e. The number of nitrogens with one attached hydrogen (secondary N) is 1. The highest BCUT2D eigenvalue weighted by Crippen LogP contribution is 2.27. The van der Waals surface area contributed by atoms with Crippen LogP contribution in [-0.2, 0) is 21.2 Å². The van der Waals surface area contributed by atoms with E-state index >= 15 is 0 Å². The summed E-state index contributed by atoms with van der Waals surface area (Å²) in [7, 11) is -1.96. The molecule has 1 amide bonds. The molecule has 1 fully saturated rings. The molecule has 156 valence electrons. The number of sulfonamides is 1. The summed E-state index contributed by atoms with van der Waals surface area (Å²) in [5.41, 5.74) is 3.66. The lowest BCUT2D eigenvalue weighted by molar-refractivity contribution is -0.116. The van der Waals surface area contributed by atoms with Crippen LogP contribution >= 0.6 is 0 Å². The second-order valence-corrected chi connectivity index (χ2v) is 9.32. The number of hydrogen-bond donors (Lipinski definition) is 1. The molecule has 1 N–H and O–H groups in total. The van der Waals surface area contributed by atoms with E-state index in [-0.39, 0.29) is 17.2 Å². The van der Waals surface area contributed by atoms with Crippen LogP contribution in [0.1, 0.15) is 36.0 Å². The van der Waals surface area contributed by atoms with E-state index in [1.807, 2.05) is 32.0 Å². The molecule has 1 aliphatic heterocycles. The molecule has 1 aliphatic rings. The van der Waals surface area contributed by atoms with E-state index in [9.17, 15) is 13.2 Å². The molecule has 2 aromatic rings. The first-order chi connectivity index (χ1) is 13.8. The first-order valence-corrected chi connectivity index (χ1v) is 11.3. The van der Waals surface area contributed by atoms with Gasteiger partial charge < -0.3 is 10.1 Å².